The molecule has 0 bridgehead atoms. The normalized spacial score (nSPS) is 29.2. The fourth-order valence-electron chi connectivity index (χ4n) is 2.66. The third-order valence-corrected chi connectivity index (χ3v) is 3.65. The molecule has 0 unspecified atom stereocenters. The Kier molecular flexibility index (Phi) is 1.96. The van der Waals surface area contributed by atoms with Gasteiger partial charge in [-0.2, -0.15) is 5.10 Å². The zero-order chi connectivity index (χ0) is 10.5. The van der Waals surface area contributed by atoms with Gasteiger partial charge in [0.1, 0.15) is 0 Å². The third kappa shape index (κ3) is 1.19. The SMILES string of the molecule is Cc1cn(C)nc1[C@@H]1[C@@H](CN)C1(C)C. The molecule has 78 valence electrons. The van der Waals surface area contributed by atoms with E-state index in [-0.39, 0.29) is 0 Å². The molecule has 2 atom stereocenters. The summed E-state index contributed by atoms with van der Waals surface area (Å²) >= 11 is 0. The van der Waals surface area contributed by atoms with E-state index in [2.05, 4.69) is 32.1 Å². The molecular weight excluding hydrogens is 174 g/mol. The quantitative estimate of drug-likeness (QED) is 0.772. The van der Waals surface area contributed by atoms with E-state index < -0.39 is 0 Å². The number of nitrogens with two attached hydrogens (primary N) is 1. The van der Waals surface area contributed by atoms with Crippen LogP contribution in [0.3, 0.4) is 0 Å². The van der Waals surface area contributed by atoms with Gasteiger partial charge in [-0.15, -0.1) is 0 Å². The third-order valence-electron chi connectivity index (χ3n) is 3.65. The first-order chi connectivity index (χ1) is 6.48. The lowest BCUT2D eigenvalue weighted by Crippen LogP contribution is -2.05. The highest BCUT2D eigenvalue weighted by Crippen LogP contribution is 2.63. The van der Waals surface area contributed by atoms with Crippen LogP contribution in [0, 0.1) is 18.3 Å². The van der Waals surface area contributed by atoms with Crippen LogP contribution in [0.15, 0.2) is 6.20 Å². The van der Waals surface area contributed by atoms with Crippen molar-refractivity contribution in [1.82, 2.24) is 9.78 Å². The van der Waals surface area contributed by atoms with Gasteiger partial charge in [0.15, 0.2) is 0 Å². The lowest BCUT2D eigenvalue weighted by Gasteiger charge is -1.99. The largest absolute Gasteiger partial charge is 0.330 e. The molecule has 0 aliphatic heterocycles. The predicted octanol–water partition coefficient (Wildman–Crippen LogP) is 1.43. The smallest absolute Gasteiger partial charge is 0.0693 e. The van der Waals surface area contributed by atoms with Crippen molar-refractivity contribution in [3.63, 3.8) is 0 Å². The van der Waals surface area contributed by atoms with Crippen molar-refractivity contribution in [2.45, 2.75) is 26.7 Å². The summed E-state index contributed by atoms with van der Waals surface area (Å²) in [5.74, 6) is 1.17. The molecule has 0 amide bonds. The van der Waals surface area contributed by atoms with E-state index in [4.69, 9.17) is 5.73 Å². The Balaban J connectivity index is 2.30. The highest BCUT2D eigenvalue weighted by Gasteiger charge is 2.58. The standard InChI is InChI=1S/C11H19N3/c1-7-6-14(4)13-10(7)9-8(5-12)11(9,2)3/h6,8-9H,5,12H2,1-4H3/t8-,9+/m1/s1. The molecule has 0 aromatic carbocycles. The van der Waals surface area contributed by atoms with E-state index in [1.165, 1.54) is 11.3 Å². The Morgan fingerprint density at radius 1 is 1.57 bits per heavy atom. The first kappa shape index (κ1) is 9.71. The Labute approximate surface area is 85.3 Å². The summed E-state index contributed by atoms with van der Waals surface area (Å²) in [6.45, 7) is 7.46. The van der Waals surface area contributed by atoms with Crippen LogP contribution in [0.25, 0.3) is 0 Å². The van der Waals surface area contributed by atoms with Crippen LogP contribution >= 0.6 is 0 Å². The zero-order valence-electron chi connectivity index (χ0n) is 9.41. The minimum absolute atomic E-state index is 0.341. The summed E-state index contributed by atoms with van der Waals surface area (Å²) < 4.78 is 1.90. The lowest BCUT2D eigenvalue weighted by molar-refractivity contribution is 0.556. The van der Waals surface area contributed by atoms with Crippen LogP contribution in [-0.2, 0) is 7.05 Å². The topological polar surface area (TPSA) is 43.8 Å². The molecule has 1 aliphatic rings. The van der Waals surface area contributed by atoms with Gasteiger partial charge in [0.25, 0.3) is 0 Å². The van der Waals surface area contributed by atoms with Crippen LogP contribution in [-0.4, -0.2) is 16.3 Å². The highest BCUT2D eigenvalue weighted by atomic mass is 15.3. The summed E-state index contributed by atoms with van der Waals surface area (Å²) in [5.41, 5.74) is 8.64. The van der Waals surface area contributed by atoms with Crippen LogP contribution < -0.4 is 5.73 Å². The summed E-state index contributed by atoms with van der Waals surface area (Å²) in [6.07, 6.45) is 2.08. The molecule has 1 saturated carbocycles. The van der Waals surface area contributed by atoms with Crippen molar-refractivity contribution in [2.24, 2.45) is 24.1 Å². The molecule has 3 heteroatoms. The molecule has 3 nitrogen and oxygen atoms in total. The van der Waals surface area contributed by atoms with Crippen LogP contribution in [0.1, 0.15) is 31.0 Å². The molecule has 1 fully saturated rings. The second-order valence-electron chi connectivity index (χ2n) is 5.01. The molecule has 0 radical (unpaired) electrons. The first-order valence-corrected chi connectivity index (χ1v) is 5.18. The van der Waals surface area contributed by atoms with Crippen molar-refractivity contribution in [3.05, 3.63) is 17.5 Å². The van der Waals surface area contributed by atoms with E-state index in [9.17, 15) is 0 Å². The predicted molar refractivity (Wildman–Crippen MR) is 57.0 cm³/mol. The number of rotatable bonds is 2. The fourth-order valence-corrected chi connectivity index (χ4v) is 2.66. The van der Waals surface area contributed by atoms with Gasteiger partial charge >= 0.3 is 0 Å². The maximum Gasteiger partial charge on any atom is 0.0693 e. The maximum atomic E-state index is 5.76. The molecule has 2 N–H and O–H groups in total. The zero-order valence-corrected chi connectivity index (χ0v) is 9.41. The summed E-state index contributed by atoms with van der Waals surface area (Å²) in [7, 11) is 1.98. The summed E-state index contributed by atoms with van der Waals surface area (Å²) in [6, 6.07) is 0. The van der Waals surface area contributed by atoms with Gasteiger partial charge in [0.05, 0.1) is 5.69 Å². The molecule has 0 spiro atoms. The second-order valence-corrected chi connectivity index (χ2v) is 5.01. The average molecular weight is 193 g/mol. The summed E-state index contributed by atoms with van der Waals surface area (Å²) in [4.78, 5) is 0. The van der Waals surface area contributed by atoms with Crippen molar-refractivity contribution < 1.29 is 0 Å². The van der Waals surface area contributed by atoms with E-state index in [1.807, 2.05) is 11.7 Å². The Morgan fingerprint density at radius 2 is 2.21 bits per heavy atom. The lowest BCUT2D eigenvalue weighted by atomic mass is 10.1. The highest BCUT2D eigenvalue weighted by molar-refractivity contribution is 5.31. The second kappa shape index (κ2) is 2.83. The van der Waals surface area contributed by atoms with Crippen LogP contribution in [0.4, 0.5) is 0 Å². The van der Waals surface area contributed by atoms with Gasteiger partial charge in [-0.25, -0.2) is 0 Å². The van der Waals surface area contributed by atoms with Crippen molar-refractivity contribution in [3.8, 4) is 0 Å². The van der Waals surface area contributed by atoms with E-state index in [0.717, 1.165) is 6.54 Å². The van der Waals surface area contributed by atoms with Crippen LogP contribution in [0.2, 0.25) is 0 Å². The molecule has 1 heterocycles. The number of aryl methyl sites for hydroxylation is 2. The number of aromatic nitrogens is 2. The first-order valence-electron chi connectivity index (χ1n) is 5.18. The molecular formula is C11H19N3. The monoisotopic (exact) mass is 193 g/mol. The minimum Gasteiger partial charge on any atom is -0.330 e. The summed E-state index contributed by atoms with van der Waals surface area (Å²) in [5, 5.41) is 4.53. The van der Waals surface area contributed by atoms with Gasteiger partial charge in [-0.1, -0.05) is 13.8 Å². The van der Waals surface area contributed by atoms with Gasteiger partial charge < -0.3 is 5.73 Å². The molecule has 0 saturated heterocycles. The average Bonchev–Trinajstić information content (AvgIpc) is 2.46. The minimum atomic E-state index is 0.341. The van der Waals surface area contributed by atoms with Gasteiger partial charge in [-0.05, 0) is 30.4 Å². The Morgan fingerprint density at radius 3 is 2.57 bits per heavy atom. The van der Waals surface area contributed by atoms with Gasteiger partial charge in [0.2, 0.25) is 0 Å². The van der Waals surface area contributed by atoms with E-state index in [1.54, 1.807) is 0 Å². The molecule has 14 heavy (non-hydrogen) atoms. The maximum absolute atomic E-state index is 5.76. The number of hydrogen-bond donors (Lipinski definition) is 1. The number of nitrogens with zero attached hydrogens (tertiary/aromatic N) is 2. The van der Waals surface area contributed by atoms with Crippen molar-refractivity contribution in [1.29, 1.82) is 0 Å². The van der Waals surface area contributed by atoms with Crippen LogP contribution in [0.5, 0.6) is 0 Å². The Hall–Kier alpha value is -0.830. The van der Waals surface area contributed by atoms with E-state index >= 15 is 0 Å². The number of hydrogen-bond acceptors (Lipinski definition) is 2. The van der Waals surface area contributed by atoms with Gasteiger partial charge in [0, 0.05) is 19.2 Å². The fraction of sp³-hybridized carbons (Fsp3) is 0.727. The molecule has 1 aliphatic carbocycles. The molecule has 2 rings (SSSR count). The van der Waals surface area contributed by atoms with Gasteiger partial charge in [-0.3, -0.25) is 4.68 Å². The van der Waals surface area contributed by atoms with Crippen molar-refractivity contribution in [2.75, 3.05) is 6.54 Å². The molecule has 1 aromatic heterocycles. The Bertz CT molecular complexity index is 351. The molecule has 1 aromatic rings. The van der Waals surface area contributed by atoms with E-state index in [0.29, 0.717) is 17.3 Å². The van der Waals surface area contributed by atoms with Crippen molar-refractivity contribution >= 4 is 0 Å².